The second-order valence-corrected chi connectivity index (χ2v) is 5.02. The van der Waals surface area contributed by atoms with Gasteiger partial charge < -0.3 is 24.8 Å². The van der Waals surface area contributed by atoms with Gasteiger partial charge >= 0.3 is 0 Å². The summed E-state index contributed by atoms with van der Waals surface area (Å²) in [7, 11) is 5.12. The maximum atomic E-state index is 5.42. The third-order valence-electron chi connectivity index (χ3n) is 3.26. The van der Waals surface area contributed by atoms with Gasteiger partial charge in [0, 0.05) is 33.9 Å². The number of unbranched alkanes of at least 4 members (excludes halogenated alkanes) is 1. The average Bonchev–Trinajstić information content (AvgIpc) is 2.60. The van der Waals surface area contributed by atoms with Gasteiger partial charge in [-0.2, -0.15) is 0 Å². The van der Waals surface area contributed by atoms with Gasteiger partial charge in [-0.05, 0) is 30.5 Å². The van der Waals surface area contributed by atoms with Gasteiger partial charge in [-0.1, -0.05) is 12.1 Å². The van der Waals surface area contributed by atoms with Crippen LogP contribution in [0, 0.1) is 0 Å². The van der Waals surface area contributed by atoms with Crippen LogP contribution < -0.4 is 15.4 Å². The predicted molar refractivity (Wildman–Crippen MR) is 93.1 cm³/mol. The number of guanidine groups is 1. The normalized spacial score (nSPS) is 11.3. The monoisotopic (exact) mass is 323 g/mol. The van der Waals surface area contributed by atoms with Gasteiger partial charge in [0.25, 0.3) is 0 Å². The molecule has 23 heavy (non-hydrogen) atoms. The van der Waals surface area contributed by atoms with Gasteiger partial charge in [-0.25, -0.2) is 0 Å². The van der Waals surface area contributed by atoms with Crippen LogP contribution in [0.25, 0.3) is 0 Å². The van der Waals surface area contributed by atoms with E-state index in [1.807, 2.05) is 18.2 Å². The van der Waals surface area contributed by atoms with Crippen molar-refractivity contribution in [2.45, 2.75) is 19.4 Å². The topological polar surface area (TPSA) is 64.1 Å². The summed E-state index contributed by atoms with van der Waals surface area (Å²) in [5.41, 5.74) is 1.15. The van der Waals surface area contributed by atoms with Gasteiger partial charge in [-0.15, -0.1) is 0 Å². The first-order valence-corrected chi connectivity index (χ1v) is 7.94. The van der Waals surface area contributed by atoms with Crippen LogP contribution >= 0.6 is 0 Å². The molecule has 130 valence electrons. The molecule has 1 rings (SSSR count). The van der Waals surface area contributed by atoms with Crippen molar-refractivity contribution in [3.8, 4) is 5.75 Å². The van der Waals surface area contributed by atoms with Crippen molar-refractivity contribution < 1.29 is 14.2 Å². The summed E-state index contributed by atoms with van der Waals surface area (Å²) in [5.74, 6) is 1.66. The summed E-state index contributed by atoms with van der Waals surface area (Å²) in [4.78, 5) is 4.22. The first kappa shape index (κ1) is 19.3. The molecule has 0 spiro atoms. The Kier molecular flexibility index (Phi) is 10.7. The van der Waals surface area contributed by atoms with E-state index in [0.717, 1.165) is 43.3 Å². The van der Waals surface area contributed by atoms with Crippen LogP contribution in [-0.2, 0) is 16.0 Å². The van der Waals surface area contributed by atoms with Crippen LogP contribution in [0.3, 0.4) is 0 Å². The predicted octanol–water partition coefficient (Wildman–Crippen LogP) is 1.80. The average molecular weight is 323 g/mol. The molecule has 0 aliphatic rings. The molecule has 0 fully saturated rings. The lowest BCUT2D eigenvalue weighted by Crippen LogP contribution is -2.37. The Morgan fingerprint density at radius 2 is 1.96 bits per heavy atom. The molecule has 6 heteroatoms. The maximum absolute atomic E-state index is 5.42. The highest BCUT2D eigenvalue weighted by atomic mass is 16.5. The summed E-state index contributed by atoms with van der Waals surface area (Å²) in [5, 5.41) is 6.59. The minimum absolute atomic E-state index is 0.652. The van der Waals surface area contributed by atoms with Crippen LogP contribution in [-0.4, -0.2) is 53.6 Å². The Bertz CT molecular complexity index is 452. The molecule has 6 nitrogen and oxygen atoms in total. The molecule has 2 N–H and O–H groups in total. The van der Waals surface area contributed by atoms with Crippen molar-refractivity contribution in [2.75, 3.05) is 47.6 Å². The minimum Gasteiger partial charge on any atom is -0.497 e. The van der Waals surface area contributed by atoms with E-state index in [-0.39, 0.29) is 0 Å². The first-order valence-electron chi connectivity index (χ1n) is 7.94. The first-order chi connectivity index (χ1) is 11.3. The molecular weight excluding hydrogens is 294 g/mol. The number of rotatable bonds is 11. The molecule has 0 aliphatic carbocycles. The van der Waals surface area contributed by atoms with E-state index in [1.54, 1.807) is 21.3 Å². The van der Waals surface area contributed by atoms with E-state index >= 15 is 0 Å². The highest BCUT2D eigenvalue weighted by Gasteiger charge is 1.99. The van der Waals surface area contributed by atoms with Gasteiger partial charge in [-0.3, -0.25) is 4.99 Å². The number of hydrogen-bond acceptors (Lipinski definition) is 4. The number of benzene rings is 1. The molecule has 0 saturated carbocycles. The lowest BCUT2D eigenvalue weighted by molar-refractivity contribution is 0.0689. The van der Waals surface area contributed by atoms with Gasteiger partial charge in [0.05, 0.1) is 20.3 Å². The Morgan fingerprint density at radius 1 is 1.09 bits per heavy atom. The Morgan fingerprint density at radius 3 is 2.70 bits per heavy atom. The SMILES string of the molecule is CN=C(NCCCCOCCOC)NCc1cccc(OC)c1. The van der Waals surface area contributed by atoms with Crippen LogP contribution in [0.4, 0.5) is 0 Å². The van der Waals surface area contributed by atoms with Crippen LogP contribution in [0.5, 0.6) is 5.75 Å². The minimum atomic E-state index is 0.652. The summed E-state index contributed by atoms with van der Waals surface area (Å²) in [6.45, 7) is 3.65. The fourth-order valence-corrected chi connectivity index (χ4v) is 1.97. The lowest BCUT2D eigenvalue weighted by Gasteiger charge is -2.12. The van der Waals surface area contributed by atoms with Crippen molar-refractivity contribution in [1.82, 2.24) is 10.6 Å². The van der Waals surface area contributed by atoms with Crippen LogP contribution in [0.15, 0.2) is 29.3 Å². The summed E-state index contributed by atoms with van der Waals surface area (Å²) in [6.07, 6.45) is 2.05. The molecule has 0 amide bonds. The standard InChI is InChI=1S/C17H29N3O3/c1-18-17(19-9-4-5-10-23-12-11-21-2)20-14-15-7-6-8-16(13-15)22-3/h6-8,13H,4-5,9-12,14H2,1-3H3,(H2,18,19,20). The lowest BCUT2D eigenvalue weighted by atomic mass is 10.2. The molecule has 0 unspecified atom stereocenters. The van der Waals surface area contributed by atoms with Crippen molar-refractivity contribution in [3.05, 3.63) is 29.8 Å². The van der Waals surface area contributed by atoms with Gasteiger partial charge in [0.1, 0.15) is 5.75 Å². The molecule has 0 aromatic heterocycles. The van der Waals surface area contributed by atoms with E-state index in [0.29, 0.717) is 19.8 Å². The van der Waals surface area contributed by atoms with E-state index < -0.39 is 0 Å². The number of ether oxygens (including phenoxy) is 3. The van der Waals surface area contributed by atoms with Crippen molar-refractivity contribution in [2.24, 2.45) is 4.99 Å². The van der Waals surface area contributed by atoms with Crippen molar-refractivity contribution in [3.63, 3.8) is 0 Å². The van der Waals surface area contributed by atoms with Gasteiger partial charge in [0.15, 0.2) is 5.96 Å². The Labute approximate surface area is 139 Å². The second kappa shape index (κ2) is 12.7. The fourth-order valence-electron chi connectivity index (χ4n) is 1.97. The third-order valence-corrected chi connectivity index (χ3v) is 3.26. The van der Waals surface area contributed by atoms with Crippen LogP contribution in [0.2, 0.25) is 0 Å². The molecule has 0 saturated heterocycles. The highest BCUT2D eigenvalue weighted by Crippen LogP contribution is 2.11. The van der Waals surface area contributed by atoms with E-state index in [1.165, 1.54) is 0 Å². The van der Waals surface area contributed by atoms with E-state index in [9.17, 15) is 0 Å². The maximum Gasteiger partial charge on any atom is 0.191 e. The second-order valence-electron chi connectivity index (χ2n) is 5.02. The number of nitrogens with zero attached hydrogens (tertiary/aromatic N) is 1. The molecule has 1 aromatic carbocycles. The van der Waals surface area contributed by atoms with Gasteiger partial charge in [0.2, 0.25) is 0 Å². The van der Waals surface area contributed by atoms with E-state index in [4.69, 9.17) is 14.2 Å². The number of hydrogen-bond donors (Lipinski definition) is 2. The quantitative estimate of drug-likeness (QED) is 0.369. The number of nitrogens with one attached hydrogen (secondary N) is 2. The van der Waals surface area contributed by atoms with E-state index in [2.05, 4.69) is 21.7 Å². The Balaban J connectivity index is 2.14. The summed E-state index contributed by atoms with van der Waals surface area (Å²) >= 11 is 0. The Hall–Kier alpha value is -1.79. The number of methoxy groups -OCH3 is 2. The molecule has 0 bridgehead atoms. The third kappa shape index (κ3) is 9.05. The zero-order valence-corrected chi connectivity index (χ0v) is 14.4. The van der Waals surface area contributed by atoms with Crippen molar-refractivity contribution in [1.29, 1.82) is 0 Å². The molecule has 1 aromatic rings. The zero-order valence-electron chi connectivity index (χ0n) is 14.4. The van der Waals surface area contributed by atoms with Crippen molar-refractivity contribution >= 4 is 5.96 Å². The summed E-state index contributed by atoms with van der Waals surface area (Å²) < 4.78 is 15.6. The summed E-state index contributed by atoms with van der Waals surface area (Å²) in [6, 6.07) is 7.98. The molecule has 0 atom stereocenters. The molecule has 0 heterocycles. The van der Waals surface area contributed by atoms with Crippen LogP contribution in [0.1, 0.15) is 18.4 Å². The molecular formula is C17H29N3O3. The zero-order chi connectivity index (χ0) is 16.8. The molecule has 0 radical (unpaired) electrons. The fraction of sp³-hybridized carbons (Fsp3) is 0.588. The number of aliphatic imine (C=N–C) groups is 1. The molecule has 0 aliphatic heterocycles. The highest BCUT2D eigenvalue weighted by molar-refractivity contribution is 5.79. The smallest absolute Gasteiger partial charge is 0.191 e. The largest absolute Gasteiger partial charge is 0.497 e.